The van der Waals surface area contributed by atoms with Crippen LogP contribution in [-0.2, 0) is 48.4 Å². The summed E-state index contributed by atoms with van der Waals surface area (Å²) in [4.78, 5) is 0. The molecule has 0 saturated carbocycles. The van der Waals surface area contributed by atoms with Gasteiger partial charge in [0.15, 0.2) is 0 Å². The summed E-state index contributed by atoms with van der Waals surface area (Å²) in [6, 6.07) is 0. The number of hydrogen-bond acceptors (Lipinski definition) is 0. The molecule has 0 spiro atoms. The summed E-state index contributed by atoms with van der Waals surface area (Å²) < 4.78 is 0. The first kappa shape index (κ1) is 266. The van der Waals surface area contributed by atoms with Crippen molar-refractivity contribution in [1.82, 2.24) is 0 Å². The van der Waals surface area contributed by atoms with Crippen molar-refractivity contribution < 1.29 is 48.4 Å². The Morgan fingerprint density at radius 2 is 0.429 bits per heavy atom. The molecule has 0 saturated heterocycles. The van der Waals surface area contributed by atoms with Gasteiger partial charge >= 0.3 is 45.0 Å². The smallest absolute Gasteiger partial charge is 2.00 e. The molecule has 0 N–H and O–H groups in total. The van der Waals surface area contributed by atoms with Gasteiger partial charge in [-0.25, -0.2) is 0 Å². The Morgan fingerprint density at radius 3 is 0.429 bits per heavy atom. The van der Waals surface area contributed by atoms with Crippen LogP contribution in [0.1, 0.15) is 0 Å². The quantitative estimate of drug-likeness (QED) is 0.506. The molecule has 0 radical (unpaired) electrons. The second-order valence-corrected chi connectivity index (χ2v) is 0. The van der Waals surface area contributed by atoms with Crippen molar-refractivity contribution in [2.75, 3.05) is 0 Å². The van der Waals surface area contributed by atoms with Gasteiger partial charge in [-0.05, 0) is 0 Å². The molecular formula is MoO5Sn. The third kappa shape index (κ3) is 123. The van der Waals surface area contributed by atoms with E-state index in [1.807, 2.05) is 0 Å². The van der Waals surface area contributed by atoms with E-state index in [2.05, 4.69) is 0 Å². The average Bonchev–Trinajstić information content (AvgIpc) is 0. The number of rotatable bonds is 0. The van der Waals surface area contributed by atoms with Crippen LogP contribution in [0.2, 0.25) is 0 Å². The third-order valence-corrected chi connectivity index (χ3v) is 0. The number of hydrogen-bond donors (Lipinski definition) is 0. The van der Waals surface area contributed by atoms with Gasteiger partial charge in [0.05, 0.1) is 0 Å². The van der Waals surface area contributed by atoms with E-state index in [0.717, 1.165) is 0 Å². The molecule has 0 unspecified atom stereocenters. The first-order valence-corrected chi connectivity index (χ1v) is 0. The van der Waals surface area contributed by atoms with Crippen LogP contribution in [0, 0.1) is 0 Å². The Balaban J connectivity index is 0. The van der Waals surface area contributed by atoms with E-state index < -0.39 is 0 Å². The maximum Gasteiger partial charge on any atom is 6.00 e. The Kier molecular flexibility index (Phi) is 6600. The standard InChI is InChI=1S/Mo.5O.Sn/q+6;5*-2;+4. The predicted octanol–water partition coefficient (Wildman–Crippen LogP) is -0.977. The van der Waals surface area contributed by atoms with Crippen LogP contribution in [0.5, 0.6) is 0 Å². The second-order valence-electron chi connectivity index (χ2n) is 0. The van der Waals surface area contributed by atoms with Crippen LogP contribution < -0.4 is 0 Å². The molecular weight excluding hydrogens is 295 g/mol. The van der Waals surface area contributed by atoms with E-state index in [9.17, 15) is 0 Å². The van der Waals surface area contributed by atoms with Crippen molar-refractivity contribution in [3.05, 3.63) is 0 Å². The van der Waals surface area contributed by atoms with Crippen molar-refractivity contribution in [2.45, 2.75) is 0 Å². The zero-order valence-electron chi connectivity index (χ0n) is 2.95. The predicted molar refractivity (Wildman–Crippen MR) is 9.19 cm³/mol. The molecule has 0 amide bonds. The Morgan fingerprint density at radius 1 is 0.429 bits per heavy atom. The van der Waals surface area contributed by atoms with Gasteiger partial charge in [-0.1, -0.05) is 0 Å². The summed E-state index contributed by atoms with van der Waals surface area (Å²) >= 11 is 0. The summed E-state index contributed by atoms with van der Waals surface area (Å²) in [6.45, 7) is 0. The Labute approximate surface area is 72.2 Å². The maximum absolute atomic E-state index is 0. The van der Waals surface area contributed by atoms with E-state index in [4.69, 9.17) is 0 Å². The molecule has 0 heterocycles. The second kappa shape index (κ2) is 174. The topological polar surface area (TPSA) is 142 Å². The normalized spacial score (nSPS) is 0. The van der Waals surface area contributed by atoms with Gasteiger partial charge in [0, 0.05) is 0 Å². The monoisotopic (exact) mass is 298 g/mol. The molecule has 0 aliphatic rings. The minimum atomic E-state index is 0. The summed E-state index contributed by atoms with van der Waals surface area (Å²) in [6.07, 6.45) is 0. The largest absolute Gasteiger partial charge is 6.00 e. The van der Waals surface area contributed by atoms with Gasteiger partial charge in [-0.3, -0.25) is 0 Å². The molecule has 0 aromatic carbocycles. The van der Waals surface area contributed by atoms with Crippen molar-refractivity contribution in [1.29, 1.82) is 0 Å². The fraction of sp³-hybridized carbons (Fsp3) is 0. The van der Waals surface area contributed by atoms with Gasteiger partial charge < -0.3 is 27.4 Å². The first-order chi connectivity index (χ1) is 0. The maximum atomic E-state index is 0. The average molecular weight is 295 g/mol. The van der Waals surface area contributed by atoms with Crippen LogP contribution in [0.4, 0.5) is 0 Å². The molecule has 0 aliphatic carbocycles. The fourth-order valence-electron chi connectivity index (χ4n) is 0. The summed E-state index contributed by atoms with van der Waals surface area (Å²) in [5.41, 5.74) is 0. The van der Waals surface area contributed by atoms with Gasteiger partial charge in [-0.15, -0.1) is 0 Å². The molecule has 0 bridgehead atoms. The summed E-state index contributed by atoms with van der Waals surface area (Å²) in [5.74, 6) is 0. The van der Waals surface area contributed by atoms with Gasteiger partial charge in [0.25, 0.3) is 0 Å². The van der Waals surface area contributed by atoms with E-state index in [1.54, 1.807) is 0 Å². The van der Waals surface area contributed by atoms with Gasteiger partial charge in [0.1, 0.15) is 0 Å². The van der Waals surface area contributed by atoms with Crippen molar-refractivity contribution in [3.63, 3.8) is 0 Å². The zero-order chi connectivity index (χ0) is 0. The van der Waals surface area contributed by atoms with E-state index in [-0.39, 0.29) is 72.4 Å². The van der Waals surface area contributed by atoms with Crippen molar-refractivity contribution >= 4 is 23.9 Å². The van der Waals surface area contributed by atoms with E-state index in [1.165, 1.54) is 0 Å². The SMILES string of the molecule is [Mo+6].[O-2].[O-2].[O-2].[O-2].[O-2].[Sn+4]. The summed E-state index contributed by atoms with van der Waals surface area (Å²) in [5, 5.41) is 0. The van der Waals surface area contributed by atoms with E-state index in [0.29, 0.717) is 0 Å². The van der Waals surface area contributed by atoms with Crippen LogP contribution in [0.25, 0.3) is 0 Å². The van der Waals surface area contributed by atoms with Gasteiger partial charge in [-0.2, -0.15) is 0 Å². The molecule has 5 nitrogen and oxygen atoms in total. The molecule has 0 fully saturated rings. The third-order valence-electron chi connectivity index (χ3n) is 0. The zero-order valence-corrected chi connectivity index (χ0v) is 7.81. The molecule has 0 aromatic heterocycles. The molecule has 0 aromatic rings. The molecule has 0 aliphatic heterocycles. The molecule has 0 rings (SSSR count). The minimum Gasteiger partial charge on any atom is -2.00 e. The molecule has 7 heteroatoms. The van der Waals surface area contributed by atoms with Crippen LogP contribution in [0.3, 0.4) is 0 Å². The van der Waals surface area contributed by atoms with Crippen LogP contribution in [0.15, 0.2) is 0 Å². The Bertz CT molecular complexity index is 8.04. The Hall–Kier alpha value is 1.29. The molecule has 7 heavy (non-hydrogen) atoms. The van der Waals surface area contributed by atoms with Crippen LogP contribution in [-0.4, -0.2) is 23.9 Å². The van der Waals surface area contributed by atoms with Crippen LogP contribution >= 0.6 is 0 Å². The van der Waals surface area contributed by atoms with E-state index >= 15 is 0 Å². The van der Waals surface area contributed by atoms with Crippen molar-refractivity contribution in [3.8, 4) is 0 Å². The minimum absolute atomic E-state index is 0. The molecule has 0 atom stereocenters. The fourth-order valence-corrected chi connectivity index (χ4v) is 0. The molecule has 40 valence electrons. The van der Waals surface area contributed by atoms with Gasteiger partial charge in [0.2, 0.25) is 0 Å². The summed E-state index contributed by atoms with van der Waals surface area (Å²) in [7, 11) is 0. The first-order valence-electron chi connectivity index (χ1n) is 0. The van der Waals surface area contributed by atoms with Crippen molar-refractivity contribution in [2.24, 2.45) is 0 Å².